The lowest BCUT2D eigenvalue weighted by Gasteiger charge is -2.46. The maximum absolute atomic E-state index is 14.5. The number of alkyl halides is 1. The van der Waals surface area contributed by atoms with Gasteiger partial charge in [-0.25, -0.2) is 0 Å². The first-order chi connectivity index (χ1) is 16.2. The third-order valence-corrected chi connectivity index (χ3v) is 8.37. The molecule has 2 bridgehead atoms. The molecule has 0 radical (unpaired) electrons. The summed E-state index contributed by atoms with van der Waals surface area (Å²) in [5, 5.41) is 10.0. The molecule has 2 amide bonds. The van der Waals surface area contributed by atoms with Gasteiger partial charge in [-0.15, -0.1) is 6.58 Å². The topological polar surface area (TPSA) is 96.4 Å². The molecule has 3 rings (SSSR count). The predicted molar refractivity (Wildman–Crippen MR) is 136 cm³/mol. The lowest BCUT2D eigenvalue weighted by molar-refractivity contribution is -0.157. The second kappa shape index (κ2) is 9.78. The molecule has 0 aromatic rings. The van der Waals surface area contributed by atoms with Crippen LogP contribution in [0.25, 0.3) is 0 Å². The van der Waals surface area contributed by atoms with E-state index in [1.807, 2.05) is 13.8 Å². The third-order valence-electron chi connectivity index (χ3n) is 7.53. The van der Waals surface area contributed by atoms with E-state index in [4.69, 9.17) is 9.47 Å². The van der Waals surface area contributed by atoms with Gasteiger partial charge in [0.15, 0.2) is 0 Å². The van der Waals surface area contributed by atoms with Gasteiger partial charge >= 0.3 is 5.97 Å². The molecule has 198 valence electrons. The summed E-state index contributed by atoms with van der Waals surface area (Å²) < 4.78 is 11.8. The fourth-order valence-electron chi connectivity index (χ4n) is 6.72. The quantitative estimate of drug-likeness (QED) is 0.266. The molecule has 35 heavy (non-hydrogen) atoms. The number of ether oxygens (including phenoxy) is 2. The highest BCUT2D eigenvalue weighted by molar-refractivity contribution is 9.09. The molecule has 0 saturated carbocycles. The summed E-state index contributed by atoms with van der Waals surface area (Å²) in [7, 11) is 0. The van der Waals surface area contributed by atoms with Crippen molar-refractivity contribution in [2.24, 2.45) is 17.3 Å². The Morgan fingerprint density at radius 2 is 2.00 bits per heavy atom. The first-order valence-corrected chi connectivity index (χ1v) is 13.4. The normalized spacial score (nSPS) is 33.0. The number of aliphatic hydroxyl groups excluding tert-OH is 1. The van der Waals surface area contributed by atoms with Gasteiger partial charge in [-0.3, -0.25) is 14.4 Å². The van der Waals surface area contributed by atoms with Crippen LogP contribution < -0.4 is 0 Å². The van der Waals surface area contributed by atoms with Gasteiger partial charge in [0.05, 0.1) is 37.2 Å². The zero-order valence-electron chi connectivity index (χ0n) is 22.0. The Morgan fingerprint density at radius 3 is 2.51 bits per heavy atom. The fraction of sp³-hybridized carbons (Fsp3) is 0.808. The summed E-state index contributed by atoms with van der Waals surface area (Å²) in [5.41, 5.74) is -1.77. The van der Waals surface area contributed by atoms with Gasteiger partial charge in [-0.1, -0.05) is 42.8 Å². The SMILES string of the molecule is C=CCN(C(=O)[C@H]1N([C@H](C)CO)C(=O)[C@@H]2[C@@H](C(=O)OCC)[C@@H]3O[C@@]21CC3Br)C(C)(C)CC(C)(C)C. The van der Waals surface area contributed by atoms with E-state index in [1.54, 1.807) is 24.8 Å². The number of nitrogens with zero attached hydrogens (tertiary/aromatic N) is 2. The Kier molecular flexibility index (Phi) is 7.86. The smallest absolute Gasteiger partial charge is 0.312 e. The largest absolute Gasteiger partial charge is 0.466 e. The van der Waals surface area contributed by atoms with E-state index in [2.05, 4.69) is 43.3 Å². The minimum atomic E-state index is -1.18. The minimum Gasteiger partial charge on any atom is -0.466 e. The number of carbonyl (C=O) groups is 3. The van der Waals surface area contributed by atoms with Crippen LogP contribution in [0.3, 0.4) is 0 Å². The van der Waals surface area contributed by atoms with Gasteiger partial charge in [0.2, 0.25) is 11.8 Å². The van der Waals surface area contributed by atoms with Crippen molar-refractivity contribution in [3.05, 3.63) is 12.7 Å². The monoisotopic (exact) mass is 556 g/mol. The summed E-state index contributed by atoms with van der Waals surface area (Å²) in [5.74, 6) is -2.71. The Labute approximate surface area is 217 Å². The van der Waals surface area contributed by atoms with Crippen molar-refractivity contribution >= 4 is 33.7 Å². The van der Waals surface area contributed by atoms with E-state index in [0.29, 0.717) is 13.0 Å². The van der Waals surface area contributed by atoms with Gasteiger partial charge in [0.1, 0.15) is 11.6 Å². The van der Waals surface area contributed by atoms with Gasteiger partial charge in [-0.05, 0) is 46.0 Å². The molecular formula is C26H41BrN2O6. The molecule has 7 atom stereocenters. The summed E-state index contributed by atoms with van der Waals surface area (Å²) in [4.78, 5) is 44.4. The maximum Gasteiger partial charge on any atom is 0.312 e. The van der Waals surface area contributed by atoms with Crippen molar-refractivity contribution in [2.45, 2.75) is 95.5 Å². The summed E-state index contributed by atoms with van der Waals surface area (Å²) in [6, 6.07) is -1.59. The zero-order chi connectivity index (χ0) is 26.5. The second-order valence-electron chi connectivity index (χ2n) is 12.0. The predicted octanol–water partition coefficient (Wildman–Crippen LogP) is 2.91. The molecule has 3 aliphatic heterocycles. The molecule has 1 N–H and O–H groups in total. The van der Waals surface area contributed by atoms with Crippen LogP contribution >= 0.6 is 15.9 Å². The van der Waals surface area contributed by atoms with Crippen molar-refractivity contribution in [3.63, 3.8) is 0 Å². The van der Waals surface area contributed by atoms with Crippen molar-refractivity contribution < 1.29 is 29.0 Å². The van der Waals surface area contributed by atoms with Gasteiger partial charge in [-0.2, -0.15) is 0 Å². The number of fused-ring (bicyclic) bond motifs is 1. The average Bonchev–Trinajstić information content (AvgIpc) is 3.32. The standard InChI is InChI=1S/C26H41BrN2O6/c1-9-11-28(25(7,8)14-24(4,5)6)22(32)20-26-12-16(27)19(35-26)17(23(33)34-10-2)18(26)21(31)29(20)15(3)13-30/h9,15-20,30H,1,10-14H2,2-8H3/t15-,16?,17-,18+,19-,20-,26+/m1/s1. The van der Waals surface area contributed by atoms with Gasteiger partial charge in [0.25, 0.3) is 0 Å². The lowest BCUT2D eigenvalue weighted by Crippen LogP contribution is -2.62. The molecule has 0 aliphatic carbocycles. The molecule has 1 unspecified atom stereocenters. The van der Waals surface area contributed by atoms with E-state index >= 15 is 0 Å². The van der Waals surface area contributed by atoms with Crippen LogP contribution in [-0.2, 0) is 23.9 Å². The number of rotatable bonds is 9. The van der Waals surface area contributed by atoms with Gasteiger partial charge < -0.3 is 24.4 Å². The van der Waals surface area contributed by atoms with E-state index in [1.165, 1.54) is 4.90 Å². The summed E-state index contributed by atoms with van der Waals surface area (Å²) >= 11 is 3.65. The van der Waals surface area contributed by atoms with Crippen LogP contribution in [0.15, 0.2) is 12.7 Å². The molecular weight excluding hydrogens is 516 g/mol. The molecule has 1 spiro atoms. The Morgan fingerprint density at radius 1 is 1.37 bits per heavy atom. The highest BCUT2D eigenvalue weighted by atomic mass is 79.9. The second-order valence-corrected chi connectivity index (χ2v) is 13.2. The highest BCUT2D eigenvalue weighted by Crippen LogP contribution is 2.60. The number of hydrogen-bond acceptors (Lipinski definition) is 6. The van der Waals surface area contributed by atoms with Crippen molar-refractivity contribution in [1.82, 2.24) is 9.80 Å². The molecule has 3 aliphatic rings. The van der Waals surface area contributed by atoms with Gasteiger partial charge in [0, 0.05) is 16.9 Å². The first-order valence-electron chi connectivity index (χ1n) is 12.5. The van der Waals surface area contributed by atoms with Crippen LogP contribution in [0.1, 0.15) is 61.3 Å². The minimum absolute atomic E-state index is 0.0497. The number of esters is 1. The first kappa shape index (κ1) is 28.1. The van der Waals surface area contributed by atoms with Crippen molar-refractivity contribution in [3.8, 4) is 0 Å². The molecule has 0 aromatic heterocycles. The number of carbonyl (C=O) groups excluding carboxylic acids is 3. The van der Waals surface area contributed by atoms with Crippen LogP contribution in [-0.4, -0.2) is 86.6 Å². The van der Waals surface area contributed by atoms with E-state index in [0.717, 1.165) is 6.42 Å². The van der Waals surface area contributed by atoms with Crippen LogP contribution in [0.4, 0.5) is 0 Å². The number of hydrogen-bond donors (Lipinski definition) is 1. The number of halogens is 1. The molecule has 3 fully saturated rings. The number of aliphatic hydroxyl groups is 1. The van der Waals surface area contributed by atoms with Crippen LogP contribution in [0.5, 0.6) is 0 Å². The Hall–Kier alpha value is -1.45. The average molecular weight is 558 g/mol. The summed E-state index contributed by atoms with van der Waals surface area (Å²) in [6.07, 6.45) is 2.27. The number of likely N-dealkylation sites (tertiary alicyclic amines) is 1. The van der Waals surface area contributed by atoms with E-state index in [-0.39, 0.29) is 35.3 Å². The summed E-state index contributed by atoms with van der Waals surface area (Å²) in [6.45, 7) is 17.9. The Bertz CT molecular complexity index is 870. The Balaban J connectivity index is 2.12. The maximum atomic E-state index is 14.5. The van der Waals surface area contributed by atoms with Crippen molar-refractivity contribution in [2.75, 3.05) is 19.8 Å². The zero-order valence-corrected chi connectivity index (χ0v) is 23.6. The molecule has 3 heterocycles. The third kappa shape index (κ3) is 4.68. The van der Waals surface area contributed by atoms with E-state index in [9.17, 15) is 19.5 Å². The van der Waals surface area contributed by atoms with Crippen LogP contribution in [0.2, 0.25) is 0 Å². The molecule has 8 nitrogen and oxygen atoms in total. The molecule has 3 saturated heterocycles. The lowest BCUT2D eigenvalue weighted by atomic mass is 9.70. The number of amides is 2. The van der Waals surface area contributed by atoms with E-state index < -0.39 is 47.1 Å². The molecule has 0 aromatic carbocycles. The van der Waals surface area contributed by atoms with Crippen molar-refractivity contribution in [1.29, 1.82) is 0 Å². The fourth-order valence-corrected chi connectivity index (χ4v) is 7.66. The van der Waals surface area contributed by atoms with Crippen LogP contribution in [0, 0.1) is 17.3 Å². The molecule has 9 heteroatoms. The highest BCUT2D eigenvalue weighted by Gasteiger charge is 2.77.